The molecule has 0 aliphatic rings. The smallest absolute Gasteiger partial charge is 0.189 e. The third kappa shape index (κ3) is 3.75. The normalized spacial score (nSPS) is 19.9. The van der Waals surface area contributed by atoms with Gasteiger partial charge in [-0.3, -0.25) is 4.79 Å². The maximum Gasteiger partial charge on any atom is 0.189 e. The quantitative estimate of drug-likeness (QED) is 0.271. The highest BCUT2D eigenvalue weighted by Gasteiger charge is 2.33. The summed E-state index contributed by atoms with van der Waals surface area (Å²) in [5.74, 6) is -1.00. The summed E-state index contributed by atoms with van der Waals surface area (Å²) in [6, 6.07) is 0. The van der Waals surface area contributed by atoms with Crippen molar-refractivity contribution in [2.45, 2.75) is 24.4 Å². The van der Waals surface area contributed by atoms with Crippen molar-refractivity contribution in [2.75, 3.05) is 11.0 Å². The summed E-state index contributed by atoms with van der Waals surface area (Å²) < 4.78 is 0.149. The van der Waals surface area contributed by atoms with Gasteiger partial charge in [-0.05, 0) is 0 Å². The molecule has 0 aliphatic heterocycles. The first-order valence-corrected chi connectivity index (χ1v) is 5.40. The maximum absolute atomic E-state index is 10.7. The monoisotopic (exact) mass is 320 g/mol. The van der Waals surface area contributed by atoms with Crippen molar-refractivity contribution >= 4 is 28.4 Å². The maximum atomic E-state index is 10.7. The van der Waals surface area contributed by atoms with Gasteiger partial charge in [-0.15, -0.1) is 0 Å². The zero-order valence-electron chi connectivity index (χ0n) is 7.25. The molecule has 0 spiro atoms. The first-order valence-electron chi connectivity index (χ1n) is 3.87. The van der Waals surface area contributed by atoms with Gasteiger partial charge in [0.25, 0.3) is 0 Å². The first-order chi connectivity index (χ1) is 6.45. The number of aliphatic hydroxyl groups excluding tert-OH is 5. The van der Waals surface area contributed by atoms with Crippen molar-refractivity contribution in [1.29, 1.82) is 0 Å². The van der Waals surface area contributed by atoms with Crippen LogP contribution in [0.2, 0.25) is 0 Å². The van der Waals surface area contributed by atoms with Gasteiger partial charge in [-0.2, -0.15) is 0 Å². The lowest BCUT2D eigenvalue weighted by Gasteiger charge is -2.24. The summed E-state index contributed by atoms with van der Waals surface area (Å²) in [6.45, 7) is -0.925. The summed E-state index contributed by atoms with van der Waals surface area (Å²) in [6.07, 6.45) is -6.52. The van der Waals surface area contributed by atoms with Crippen LogP contribution in [0.1, 0.15) is 0 Å². The van der Waals surface area contributed by atoms with Gasteiger partial charge in [0.2, 0.25) is 0 Å². The number of halogens is 1. The van der Waals surface area contributed by atoms with Crippen LogP contribution in [0.25, 0.3) is 0 Å². The lowest BCUT2D eigenvalue weighted by Crippen LogP contribution is -2.48. The number of Topliss-reactive ketones (excluding diaryl/α,β-unsaturated/α-hetero) is 1. The number of ketones is 1. The van der Waals surface area contributed by atoms with Crippen LogP contribution < -0.4 is 0 Å². The van der Waals surface area contributed by atoms with Crippen LogP contribution in [0.5, 0.6) is 0 Å². The highest BCUT2D eigenvalue weighted by molar-refractivity contribution is 14.1. The minimum Gasteiger partial charge on any atom is -0.390 e. The minimum absolute atomic E-state index is 0.149. The molecule has 0 bridgehead atoms. The molecule has 0 aromatic carbocycles. The zero-order valence-corrected chi connectivity index (χ0v) is 9.40. The Labute approximate surface area is 94.3 Å². The molecule has 0 fully saturated rings. The van der Waals surface area contributed by atoms with E-state index in [-0.39, 0.29) is 4.43 Å². The average Bonchev–Trinajstić information content (AvgIpc) is 2.23. The molecule has 0 amide bonds. The van der Waals surface area contributed by atoms with Gasteiger partial charge in [0.15, 0.2) is 5.78 Å². The molecule has 0 heterocycles. The summed E-state index contributed by atoms with van der Waals surface area (Å²) in [7, 11) is 0. The van der Waals surface area contributed by atoms with Crippen LogP contribution in [-0.4, -0.2) is 66.8 Å². The Morgan fingerprint density at radius 2 is 1.64 bits per heavy atom. The summed E-state index contributed by atoms with van der Waals surface area (Å²) in [4.78, 5) is 10.7. The second-order valence-corrected chi connectivity index (χ2v) is 3.65. The van der Waals surface area contributed by atoms with E-state index in [1.807, 2.05) is 0 Å². The Morgan fingerprint density at radius 1 is 1.14 bits per heavy atom. The van der Waals surface area contributed by atoms with E-state index in [0.717, 1.165) is 0 Å². The third-order valence-corrected chi connectivity index (χ3v) is 2.61. The number of alkyl halides is 1. The van der Waals surface area contributed by atoms with E-state index >= 15 is 0 Å². The Kier molecular flexibility index (Phi) is 6.74. The highest BCUT2D eigenvalue weighted by Crippen LogP contribution is 2.08. The molecular weight excluding hydrogens is 307 g/mol. The number of rotatable bonds is 6. The SMILES string of the molecule is O=C(CO)[C@@H](O)[C@@H](O)[C@H](O)[C@H](O)CI. The number of carbonyl (C=O) groups excluding carboxylic acids is 1. The average molecular weight is 320 g/mol. The molecule has 0 aromatic rings. The molecule has 0 saturated heterocycles. The topological polar surface area (TPSA) is 118 Å². The largest absolute Gasteiger partial charge is 0.390 e. The van der Waals surface area contributed by atoms with E-state index in [9.17, 15) is 15.0 Å². The molecule has 0 unspecified atom stereocenters. The van der Waals surface area contributed by atoms with Crippen molar-refractivity contribution in [2.24, 2.45) is 0 Å². The predicted octanol–water partition coefficient (Wildman–Crippen LogP) is -2.57. The first kappa shape index (κ1) is 14.2. The molecule has 5 N–H and O–H groups in total. The second-order valence-electron chi connectivity index (χ2n) is 2.77. The number of hydrogen-bond acceptors (Lipinski definition) is 6. The molecule has 0 saturated carbocycles. The van der Waals surface area contributed by atoms with Crippen molar-refractivity contribution in [1.82, 2.24) is 0 Å². The van der Waals surface area contributed by atoms with Gasteiger partial charge in [-0.1, -0.05) is 22.6 Å². The number of hydrogen-bond donors (Lipinski definition) is 5. The van der Waals surface area contributed by atoms with Crippen LogP contribution >= 0.6 is 22.6 Å². The van der Waals surface area contributed by atoms with Crippen molar-refractivity contribution in [3.8, 4) is 0 Å². The van der Waals surface area contributed by atoms with Gasteiger partial charge < -0.3 is 25.5 Å². The molecule has 0 aromatic heterocycles. The van der Waals surface area contributed by atoms with E-state index in [2.05, 4.69) is 0 Å². The number of aliphatic hydroxyl groups is 5. The van der Waals surface area contributed by atoms with E-state index in [0.29, 0.717) is 0 Å². The zero-order chi connectivity index (χ0) is 11.3. The molecule has 0 rings (SSSR count). The molecule has 0 aliphatic carbocycles. The van der Waals surface area contributed by atoms with E-state index in [4.69, 9.17) is 15.3 Å². The van der Waals surface area contributed by atoms with E-state index in [1.165, 1.54) is 0 Å². The lowest BCUT2D eigenvalue weighted by atomic mass is 10.0. The van der Waals surface area contributed by atoms with Crippen molar-refractivity contribution in [3.63, 3.8) is 0 Å². The van der Waals surface area contributed by atoms with Gasteiger partial charge in [0.1, 0.15) is 24.9 Å². The van der Waals surface area contributed by atoms with Crippen LogP contribution in [0.4, 0.5) is 0 Å². The van der Waals surface area contributed by atoms with Gasteiger partial charge >= 0.3 is 0 Å². The van der Waals surface area contributed by atoms with E-state index in [1.54, 1.807) is 22.6 Å². The van der Waals surface area contributed by atoms with Gasteiger partial charge in [0, 0.05) is 4.43 Å². The highest BCUT2D eigenvalue weighted by atomic mass is 127. The van der Waals surface area contributed by atoms with Crippen LogP contribution in [-0.2, 0) is 4.79 Å². The molecular formula is C7H13IO6. The van der Waals surface area contributed by atoms with Crippen LogP contribution in [0.15, 0.2) is 0 Å². The van der Waals surface area contributed by atoms with Crippen LogP contribution in [0, 0.1) is 0 Å². The molecule has 14 heavy (non-hydrogen) atoms. The molecule has 6 nitrogen and oxygen atoms in total. The third-order valence-electron chi connectivity index (χ3n) is 1.71. The van der Waals surface area contributed by atoms with Crippen molar-refractivity contribution < 1.29 is 30.3 Å². The fourth-order valence-electron chi connectivity index (χ4n) is 0.790. The summed E-state index contributed by atoms with van der Waals surface area (Å²) in [5.41, 5.74) is 0. The lowest BCUT2D eigenvalue weighted by molar-refractivity contribution is -0.146. The van der Waals surface area contributed by atoms with Crippen molar-refractivity contribution in [3.05, 3.63) is 0 Å². The van der Waals surface area contributed by atoms with Gasteiger partial charge in [0.05, 0.1) is 6.10 Å². The fraction of sp³-hybridized carbons (Fsp3) is 0.857. The van der Waals surface area contributed by atoms with E-state index < -0.39 is 36.8 Å². The molecule has 4 atom stereocenters. The Hall–Kier alpha value is 0.200. The standard InChI is InChI=1S/C7H13IO6/c8-1-3(10)5(12)7(14)6(13)4(11)2-9/h3,5-7,9-10,12-14H,1-2H2/t3-,5-,6-,7+/m1/s1. The molecule has 7 heteroatoms. The fourth-order valence-corrected chi connectivity index (χ4v) is 1.31. The summed E-state index contributed by atoms with van der Waals surface area (Å²) >= 11 is 1.78. The van der Waals surface area contributed by atoms with Gasteiger partial charge in [-0.25, -0.2) is 0 Å². The summed E-state index contributed by atoms with van der Waals surface area (Å²) in [5, 5.41) is 44.9. The Bertz CT molecular complexity index is 187. The van der Waals surface area contributed by atoms with Crippen LogP contribution in [0.3, 0.4) is 0 Å². The molecule has 84 valence electrons. The Balaban J connectivity index is 4.30. The second kappa shape index (κ2) is 6.64. The minimum atomic E-state index is -1.88. The predicted molar refractivity (Wildman–Crippen MR) is 55.0 cm³/mol. The Morgan fingerprint density at radius 3 is 2.00 bits per heavy atom. The molecule has 0 radical (unpaired) electrons. The number of carbonyl (C=O) groups is 1.